The molecule has 0 fully saturated rings. The summed E-state index contributed by atoms with van der Waals surface area (Å²) in [7, 11) is -3.18. The van der Waals surface area contributed by atoms with Crippen molar-refractivity contribution in [1.82, 2.24) is 5.32 Å². The second kappa shape index (κ2) is 12.3. The van der Waals surface area contributed by atoms with E-state index in [1.165, 1.54) is 0 Å². The van der Waals surface area contributed by atoms with Crippen LogP contribution in [0.5, 0.6) is 0 Å². The smallest absolute Gasteiger partial charge is 0.463 e. The molecule has 0 aromatic heterocycles. The average molecular weight is 464 g/mol. The molecule has 0 bridgehead atoms. The zero-order valence-electron chi connectivity index (χ0n) is 19.9. The third kappa shape index (κ3) is 7.00. The highest BCUT2D eigenvalue weighted by Gasteiger charge is 2.45. The van der Waals surface area contributed by atoms with Gasteiger partial charge in [0.25, 0.3) is 0 Å². The lowest BCUT2D eigenvalue weighted by atomic mass is 9.89. The van der Waals surface area contributed by atoms with Crippen molar-refractivity contribution in [2.24, 2.45) is 5.41 Å². The fourth-order valence-electron chi connectivity index (χ4n) is 3.59. The highest BCUT2D eigenvalue weighted by atomic mass is 28.4. The largest absolute Gasteiger partial charge is 0.532 e. The van der Waals surface area contributed by atoms with Crippen LogP contribution in [0.25, 0.3) is 0 Å². The summed E-state index contributed by atoms with van der Waals surface area (Å²) in [4.78, 5) is 25.7. The molecule has 1 aromatic rings. The highest BCUT2D eigenvalue weighted by Crippen LogP contribution is 2.31. The van der Waals surface area contributed by atoms with E-state index in [4.69, 9.17) is 18.0 Å². The number of cyclic esters (lactones) is 1. The minimum Gasteiger partial charge on any atom is -0.463 e. The summed E-state index contributed by atoms with van der Waals surface area (Å²) in [5.74, 6) is -0.451. The number of hydrogen-bond acceptors (Lipinski definition) is 6. The maximum Gasteiger partial charge on any atom is 0.532 e. The van der Waals surface area contributed by atoms with Crippen LogP contribution in [-0.4, -0.2) is 47.1 Å². The van der Waals surface area contributed by atoms with Crippen LogP contribution in [-0.2, 0) is 27.6 Å². The van der Waals surface area contributed by atoms with Gasteiger partial charge in [0.2, 0.25) is 5.91 Å². The van der Waals surface area contributed by atoms with E-state index in [0.29, 0.717) is 32.7 Å². The highest BCUT2D eigenvalue weighted by molar-refractivity contribution is 6.68. The van der Waals surface area contributed by atoms with E-state index in [-0.39, 0.29) is 24.9 Å². The molecule has 1 aliphatic rings. The molecular weight excluding hydrogens is 426 g/mol. The molecular formula is C24H37NO6Si. The third-order valence-corrected chi connectivity index (χ3v) is 8.59. The minimum atomic E-state index is -3.18. The van der Waals surface area contributed by atoms with Crippen LogP contribution in [0.1, 0.15) is 65.5 Å². The molecule has 32 heavy (non-hydrogen) atoms. The zero-order chi connectivity index (χ0) is 23.6. The van der Waals surface area contributed by atoms with Crippen molar-refractivity contribution in [1.29, 1.82) is 0 Å². The summed E-state index contributed by atoms with van der Waals surface area (Å²) >= 11 is 0. The third-order valence-electron chi connectivity index (χ3n) is 5.35. The van der Waals surface area contributed by atoms with E-state index in [9.17, 15) is 9.59 Å². The van der Waals surface area contributed by atoms with Crippen molar-refractivity contribution in [2.75, 3.05) is 26.4 Å². The predicted octanol–water partition coefficient (Wildman–Crippen LogP) is 4.11. The number of carbonyl (C=O) groups excluding carboxylic acids is 2. The normalized spacial score (nSPS) is 22.0. The average Bonchev–Trinajstić information content (AvgIpc) is 2.76. The Balaban J connectivity index is 2.40. The number of benzene rings is 1. The lowest BCUT2D eigenvalue weighted by Crippen LogP contribution is -2.49. The van der Waals surface area contributed by atoms with Gasteiger partial charge in [-0.1, -0.05) is 36.4 Å². The maximum atomic E-state index is 12.9. The van der Waals surface area contributed by atoms with Crippen LogP contribution in [0.4, 0.5) is 0 Å². The van der Waals surface area contributed by atoms with Gasteiger partial charge in [0.05, 0.1) is 11.5 Å². The predicted molar refractivity (Wildman–Crippen MR) is 125 cm³/mol. The molecule has 1 heterocycles. The molecule has 0 spiro atoms. The van der Waals surface area contributed by atoms with Crippen molar-refractivity contribution in [2.45, 2.75) is 59.9 Å². The van der Waals surface area contributed by atoms with Gasteiger partial charge in [-0.15, -0.1) is 0 Å². The molecule has 8 heteroatoms. The Morgan fingerprint density at radius 3 is 2.16 bits per heavy atom. The summed E-state index contributed by atoms with van der Waals surface area (Å²) in [6, 6.07) is 9.12. The van der Waals surface area contributed by atoms with Gasteiger partial charge >= 0.3 is 14.8 Å². The van der Waals surface area contributed by atoms with Crippen LogP contribution in [0.15, 0.2) is 41.6 Å². The number of carbonyl (C=O) groups is 2. The number of allylic oxidation sites excluding steroid dienone is 2. The Labute approximate surface area is 192 Å². The molecule has 0 saturated heterocycles. The number of nitrogens with one attached hydrogen (secondary N) is 1. The molecule has 0 radical (unpaired) electrons. The summed E-state index contributed by atoms with van der Waals surface area (Å²) in [5, 5.41) is 3.85. The van der Waals surface area contributed by atoms with Crippen molar-refractivity contribution in [3.05, 3.63) is 47.2 Å². The van der Waals surface area contributed by atoms with Crippen LogP contribution in [0.3, 0.4) is 0 Å². The van der Waals surface area contributed by atoms with Gasteiger partial charge in [0.1, 0.15) is 6.61 Å². The summed E-state index contributed by atoms with van der Waals surface area (Å²) in [5.41, 5.74) is 0.140. The Bertz CT molecular complexity index is 763. The second-order valence-corrected chi connectivity index (χ2v) is 10.9. The van der Waals surface area contributed by atoms with E-state index >= 15 is 0 Å². The molecule has 7 nitrogen and oxygen atoms in total. The Morgan fingerprint density at radius 2 is 1.59 bits per heavy atom. The molecule has 1 aromatic carbocycles. The van der Waals surface area contributed by atoms with Crippen LogP contribution < -0.4 is 5.32 Å². The van der Waals surface area contributed by atoms with Crippen molar-refractivity contribution >= 4 is 20.7 Å². The van der Waals surface area contributed by atoms with Gasteiger partial charge in [-0.05, 0) is 58.2 Å². The molecule has 0 unspecified atom stereocenters. The van der Waals surface area contributed by atoms with E-state index in [0.717, 1.165) is 10.8 Å². The van der Waals surface area contributed by atoms with E-state index in [2.05, 4.69) is 5.32 Å². The standard InChI is InChI=1S/C24H37NO6Si/c1-6-29-32(30-7-2,31-8-3)20-14-15-22(26)25-21(19-12-10-9-11-13-19)18-28-23(27)24(4,5)17-16-20/h9-13,16,21H,6-8,14-15,17-18H2,1-5H3,(H,25,26)/b20-16+/t21-/m0/s1. The van der Waals surface area contributed by atoms with Crippen molar-refractivity contribution in [3.8, 4) is 0 Å². The van der Waals surface area contributed by atoms with Gasteiger partial charge in [-0.3, -0.25) is 9.59 Å². The zero-order valence-corrected chi connectivity index (χ0v) is 20.9. The summed E-state index contributed by atoms with van der Waals surface area (Å²) in [6.45, 7) is 10.8. The quantitative estimate of drug-likeness (QED) is 0.461. The second-order valence-electron chi connectivity index (χ2n) is 8.30. The molecule has 0 aliphatic carbocycles. The number of esters is 1. The first-order valence-electron chi connectivity index (χ1n) is 11.4. The number of rotatable bonds is 8. The van der Waals surface area contributed by atoms with Gasteiger partial charge in [0, 0.05) is 26.2 Å². The molecule has 1 amide bonds. The van der Waals surface area contributed by atoms with Gasteiger partial charge in [-0.25, -0.2) is 0 Å². The molecule has 0 saturated carbocycles. The van der Waals surface area contributed by atoms with Crippen LogP contribution in [0.2, 0.25) is 0 Å². The van der Waals surface area contributed by atoms with Crippen molar-refractivity contribution < 1.29 is 27.6 Å². The minimum absolute atomic E-state index is 0.0874. The monoisotopic (exact) mass is 463 g/mol. The summed E-state index contributed by atoms with van der Waals surface area (Å²) in [6.07, 6.45) is 3.08. The van der Waals surface area contributed by atoms with Gasteiger partial charge < -0.3 is 23.3 Å². The first-order chi connectivity index (χ1) is 15.3. The van der Waals surface area contributed by atoms with Gasteiger partial charge in [0.15, 0.2) is 0 Å². The topological polar surface area (TPSA) is 83.1 Å². The Hall–Kier alpha value is -2.00. The lowest BCUT2D eigenvalue weighted by molar-refractivity contribution is -0.155. The molecule has 2 rings (SSSR count). The first kappa shape index (κ1) is 26.3. The fraction of sp³-hybridized carbons (Fsp3) is 0.583. The van der Waals surface area contributed by atoms with Crippen LogP contribution in [0, 0.1) is 5.41 Å². The van der Waals surface area contributed by atoms with E-state index in [1.807, 2.05) is 71.0 Å². The lowest BCUT2D eigenvalue weighted by Gasteiger charge is -2.32. The number of amides is 1. The maximum absolute atomic E-state index is 12.9. The van der Waals surface area contributed by atoms with E-state index in [1.54, 1.807) is 0 Å². The van der Waals surface area contributed by atoms with Crippen LogP contribution >= 0.6 is 0 Å². The Morgan fingerprint density at radius 1 is 1.00 bits per heavy atom. The number of ether oxygens (including phenoxy) is 1. The van der Waals surface area contributed by atoms with Crippen molar-refractivity contribution in [3.63, 3.8) is 0 Å². The summed E-state index contributed by atoms with van der Waals surface area (Å²) < 4.78 is 23.9. The molecule has 178 valence electrons. The molecule has 1 N–H and O–H groups in total. The Kier molecular flexibility index (Phi) is 10.1. The van der Waals surface area contributed by atoms with Gasteiger partial charge in [-0.2, -0.15) is 0 Å². The first-order valence-corrected chi connectivity index (χ1v) is 13.1. The molecule has 1 aliphatic heterocycles. The SMILES string of the molecule is CCO[Si](OCC)(OCC)/C1=C/CC(C)(C)C(=O)OC[C@@H](c2ccccc2)NC(=O)CC1. The van der Waals surface area contributed by atoms with E-state index < -0.39 is 20.3 Å². The number of hydrogen-bond donors (Lipinski definition) is 1. The molecule has 1 atom stereocenters. The fourth-order valence-corrected chi connectivity index (χ4v) is 6.32.